The van der Waals surface area contributed by atoms with Crippen molar-refractivity contribution in [3.63, 3.8) is 0 Å². The van der Waals surface area contributed by atoms with E-state index in [-0.39, 0.29) is 48.9 Å². The molecule has 3 aromatic carbocycles. The zero-order valence-electron chi connectivity index (χ0n) is 36.0. The number of fused-ring (bicyclic) bond motifs is 2. The topological polar surface area (TPSA) is 50.2 Å². The minimum absolute atomic E-state index is 0. The number of aromatic nitrogens is 1. The monoisotopic (exact) mass is 937 g/mol. The molecule has 0 atom stereocenters. The average molecular weight is 937 g/mol. The Bertz CT molecular complexity index is 2060. The summed E-state index contributed by atoms with van der Waals surface area (Å²) in [6.45, 7) is 31.2. The summed E-state index contributed by atoms with van der Waals surface area (Å²) in [4.78, 5) is 18.1. The molecule has 5 rings (SSSR count). The molecule has 55 heavy (non-hydrogen) atoms. The van der Waals surface area contributed by atoms with Crippen molar-refractivity contribution >= 4 is 38.0 Å². The fourth-order valence-corrected chi connectivity index (χ4v) is 8.95. The summed E-state index contributed by atoms with van der Waals surface area (Å²) in [6, 6.07) is 21.8. The minimum atomic E-state index is 0. The number of benzene rings is 3. The fraction of sp³-hybridized carbons (Fsp3) is 0.480. The first-order valence-electron chi connectivity index (χ1n) is 20.4. The molecule has 5 heteroatoms. The van der Waals surface area contributed by atoms with Gasteiger partial charge in [-0.3, -0.25) is 9.78 Å². The van der Waals surface area contributed by atoms with E-state index in [0.717, 1.165) is 42.3 Å². The summed E-state index contributed by atoms with van der Waals surface area (Å²) in [5.74, 6) is 1.95. The van der Waals surface area contributed by atoms with E-state index in [1.54, 1.807) is 0 Å². The molecule has 1 radical (unpaired) electrons. The average Bonchev–Trinajstić information content (AvgIpc) is 3.47. The molecule has 0 fully saturated rings. The van der Waals surface area contributed by atoms with Gasteiger partial charge in [0.15, 0.2) is 5.78 Å². The molecule has 0 bridgehead atoms. The fourth-order valence-electron chi connectivity index (χ4n) is 7.55. The van der Waals surface area contributed by atoms with Crippen LogP contribution in [0.1, 0.15) is 161 Å². The summed E-state index contributed by atoms with van der Waals surface area (Å²) in [6.07, 6.45) is 6.89. The van der Waals surface area contributed by atoms with Crippen LogP contribution in [-0.4, -0.2) is 15.9 Å². The van der Waals surface area contributed by atoms with Crippen LogP contribution in [0.4, 0.5) is 0 Å². The molecule has 0 aliphatic rings. The molecule has 0 aliphatic carbocycles. The Morgan fingerprint density at radius 2 is 1.38 bits per heavy atom. The van der Waals surface area contributed by atoms with Crippen LogP contribution in [0.15, 0.2) is 66.6 Å². The van der Waals surface area contributed by atoms with E-state index in [4.69, 9.17) is 4.98 Å². The third-order valence-electron chi connectivity index (χ3n) is 11.1. The van der Waals surface area contributed by atoms with Gasteiger partial charge < -0.3 is 5.11 Å². The number of carbonyl (C=O) groups excluding carboxylic acids is 1. The Morgan fingerprint density at radius 1 is 0.818 bits per heavy atom. The number of pyridine rings is 1. The van der Waals surface area contributed by atoms with Gasteiger partial charge in [-0.1, -0.05) is 131 Å². The van der Waals surface area contributed by atoms with Gasteiger partial charge in [-0.25, -0.2) is 0 Å². The summed E-state index contributed by atoms with van der Waals surface area (Å²) in [5, 5.41) is 13.5. The molecule has 0 aliphatic heterocycles. The molecule has 0 saturated carbocycles. The number of allylic oxidation sites excluding steroid dienone is 2. The van der Waals surface area contributed by atoms with Gasteiger partial charge in [-0.05, 0) is 95.0 Å². The third kappa shape index (κ3) is 10.4. The standard InChI is InChI=1S/C37H42NS.C13H24O2.Ir/c1-21(2)26-18-30(22(3)4)33(31(19-26)23(5)6)35-24(7)28-15-16-38-34(36(28)39-35)27-17-25-13-11-12-14-29(25)32(20-27)37(8,9)10;1-5-10(6-2)12(14)9-13(15)11(7-3)8-4;/h11-16,18-23H,1-10H3;9-11,14H,5-8H2,1-4H3;/q-1;;/b;12-9-;. The Labute approximate surface area is 350 Å². The number of ketones is 1. The molecule has 0 saturated heterocycles. The first-order valence-corrected chi connectivity index (χ1v) is 21.3. The van der Waals surface area contributed by atoms with Gasteiger partial charge in [0.1, 0.15) is 0 Å². The first-order chi connectivity index (χ1) is 25.5. The van der Waals surface area contributed by atoms with Crippen molar-refractivity contribution in [1.29, 1.82) is 0 Å². The quantitative estimate of drug-likeness (QED) is 0.0770. The van der Waals surface area contributed by atoms with Crippen molar-refractivity contribution < 1.29 is 30.0 Å². The SMILES string of the molecule is CCC(CC)C(=O)/C=C(\O)C(CC)CC.Cc1c(-c2c(C(C)C)cc(C(C)C)cc2C(C)C)sc2c(-c3[c-]c4ccccc4c(C(C)(C)C)c3)nccc12.[Ir]. The Kier molecular flexibility index (Phi) is 16.7. The molecule has 0 amide bonds. The van der Waals surface area contributed by atoms with Crippen LogP contribution in [0.3, 0.4) is 0 Å². The Hall–Kier alpha value is -3.11. The maximum atomic E-state index is 11.7. The van der Waals surface area contributed by atoms with E-state index in [0.29, 0.717) is 17.8 Å². The molecule has 0 spiro atoms. The summed E-state index contributed by atoms with van der Waals surface area (Å²) in [7, 11) is 0. The molecule has 5 aromatic rings. The molecular formula is C50H66IrNO2S-. The van der Waals surface area contributed by atoms with Gasteiger partial charge in [-0.2, -0.15) is 0 Å². The number of aryl methyl sites for hydroxylation is 1. The minimum Gasteiger partial charge on any atom is -0.512 e. The van der Waals surface area contributed by atoms with E-state index in [9.17, 15) is 9.90 Å². The van der Waals surface area contributed by atoms with Crippen molar-refractivity contribution in [2.24, 2.45) is 11.8 Å². The van der Waals surface area contributed by atoms with Gasteiger partial charge >= 0.3 is 0 Å². The van der Waals surface area contributed by atoms with Crippen LogP contribution in [0.2, 0.25) is 0 Å². The van der Waals surface area contributed by atoms with Crippen LogP contribution < -0.4 is 0 Å². The number of carbonyl (C=O) groups is 1. The maximum Gasteiger partial charge on any atom is 0.162 e. The van der Waals surface area contributed by atoms with E-state index in [1.165, 1.54) is 59.8 Å². The number of rotatable bonds is 12. The Morgan fingerprint density at radius 3 is 1.89 bits per heavy atom. The van der Waals surface area contributed by atoms with E-state index < -0.39 is 0 Å². The molecule has 3 nitrogen and oxygen atoms in total. The molecule has 299 valence electrons. The third-order valence-corrected chi connectivity index (χ3v) is 12.5. The largest absolute Gasteiger partial charge is 0.512 e. The zero-order valence-corrected chi connectivity index (χ0v) is 39.2. The number of aliphatic hydroxyl groups is 1. The normalized spacial score (nSPS) is 12.3. The van der Waals surface area contributed by atoms with Crippen LogP contribution in [0.5, 0.6) is 0 Å². The molecule has 2 heterocycles. The van der Waals surface area contributed by atoms with Crippen LogP contribution in [-0.2, 0) is 30.3 Å². The number of aliphatic hydroxyl groups excluding tert-OH is 1. The molecule has 2 aromatic heterocycles. The van der Waals surface area contributed by atoms with Gasteiger partial charge in [0.2, 0.25) is 0 Å². The maximum absolute atomic E-state index is 11.7. The predicted molar refractivity (Wildman–Crippen MR) is 236 cm³/mol. The van der Waals surface area contributed by atoms with Crippen molar-refractivity contribution in [2.75, 3.05) is 0 Å². The van der Waals surface area contributed by atoms with Gasteiger partial charge in [-0.15, -0.1) is 40.5 Å². The molecule has 1 N–H and O–H groups in total. The molecular weight excluding hydrogens is 871 g/mol. The van der Waals surface area contributed by atoms with Gasteiger partial charge in [0.25, 0.3) is 0 Å². The van der Waals surface area contributed by atoms with E-state index >= 15 is 0 Å². The molecule has 0 unspecified atom stereocenters. The number of hydrogen-bond acceptors (Lipinski definition) is 4. The second-order valence-corrected chi connectivity index (χ2v) is 18.0. The predicted octanol–water partition coefficient (Wildman–Crippen LogP) is 15.4. The van der Waals surface area contributed by atoms with Crippen molar-refractivity contribution in [3.05, 3.63) is 100 Å². The second-order valence-electron chi connectivity index (χ2n) is 17.0. The van der Waals surface area contributed by atoms with E-state index in [2.05, 4.69) is 124 Å². The van der Waals surface area contributed by atoms with Crippen molar-refractivity contribution in [1.82, 2.24) is 4.98 Å². The van der Waals surface area contributed by atoms with Crippen LogP contribution >= 0.6 is 11.3 Å². The zero-order chi connectivity index (χ0) is 40.1. The second kappa shape index (κ2) is 19.8. The van der Waals surface area contributed by atoms with E-state index in [1.807, 2.05) is 45.2 Å². The number of thiophene rings is 1. The van der Waals surface area contributed by atoms with Gasteiger partial charge in [0, 0.05) is 59.5 Å². The number of hydrogen-bond donors (Lipinski definition) is 1. The summed E-state index contributed by atoms with van der Waals surface area (Å²) in [5.41, 5.74) is 10.6. The Balaban J connectivity index is 0.000000433. The van der Waals surface area contributed by atoms with Crippen molar-refractivity contribution in [3.8, 4) is 21.7 Å². The smallest absolute Gasteiger partial charge is 0.162 e. The van der Waals surface area contributed by atoms with Crippen molar-refractivity contribution in [2.45, 2.75) is 146 Å². The van der Waals surface area contributed by atoms with Crippen LogP contribution in [0, 0.1) is 24.8 Å². The summed E-state index contributed by atoms with van der Waals surface area (Å²) < 4.78 is 1.26. The number of nitrogens with zero attached hydrogens (tertiary/aromatic N) is 1. The van der Waals surface area contributed by atoms with Gasteiger partial charge in [0.05, 0.1) is 5.76 Å². The first kappa shape index (κ1) is 46.3. The van der Waals surface area contributed by atoms with Crippen LogP contribution in [0.25, 0.3) is 42.6 Å². The summed E-state index contributed by atoms with van der Waals surface area (Å²) >= 11 is 1.91.